The molecule has 11 heteroatoms. The van der Waals surface area contributed by atoms with Crippen LogP contribution in [0.3, 0.4) is 0 Å². The van der Waals surface area contributed by atoms with Gasteiger partial charge < -0.3 is 24.9 Å². The van der Waals surface area contributed by atoms with Gasteiger partial charge in [-0.05, 0) is 50.3 Å². The summed E-state index contributed by atoms with van der Waals surface area (Å²) in [6.07, 6.45) is -3.42. The highest BCUT2D eigenvalue weighted by atomic mass is 32.2. The minimum absolute atomic E-state index is 0.588. The molecule has 0 spiro atoms. The van der Waals surface area contributed by atoms with Gasteiger partial charge in [0.1, 0.15) is 0 Å². The maximum absolute atomic E-state index is 13.3. The molecule has 2 N–H and O–H groups in total. The molecule has 2 aliphatic heterocycles. The van der Waals surface area contributed by atoms with Crippen LogP contribution in [-0.4, -0.2) is 78.3 Å². The first-order valence-electron chi connectivity index (χ1n) is 10.7. The Morgan fingerprint density at radius 1 is 0.912 bits per heavy atom. The number of hydrogen-bond acceptors (Lipinski definition) is 6. The number of likely N-dealkylation sites (N-methyl/N-ethyl adjacent to an activating group) is 1. The average molecular weight is 498 g/mol. The molecule has 0 atom stereocenters. The topological polar surface area (TPSA) is 84.3 Å². The molecule has 0 aromatic heterocycles. The summed E-state index contributed by atoms with van der Waals surface area (Å²) in [5, 5.41) is 14.8. The maximum Gasteiger partial charge on any atom is 0.416 e. The zero-order valence-electron chi connectivity index (χ0n) is 18.6. The van der Waals surface area contributed by atoms with Gasteiger partial charge >= 0.3 is 18.1 Å². The largest absolute Gasteiger partial charge is 0.473 e. The SMILES string of the molecule is CN1CCN(CCCN2c3ccccc3Sc3ccc(C(F)(F)F)cc32)CC1.O=C(O)C(=O)O. The molecule has 1 fully saturated rings. The number of carboxylic acid groups (broad SMARTS) is 2. The van der Waals surface area contributed by atoms with Crippen LogP contribution < -0.4 is 4.90 Å². The third kappa shape index (κ3) is 6.64. The van der Waals surface area contributed by atoms with E-state index in [2.05, 4.69) is 21.7 Å². The van der Waals surface area contributed by atoms with Gasteiger partial charge in [0, 0.05) is 42.5 Å². The van der Waals surface area contributed by atoms with Crippen molar-refractivity contribution in [1.29, 1.82) is 0 Å². The van der Waals surface area contributed by atoms with Crippen molar-refractivity contribution in [2.45, 2.75) is 22.4 Å². The van der Waals surface area contributed by atoms with E-state index in [1.54, 1.807) is 17.8 Å². The predicted molar refractivity (Wildman–Crippen MR) is 123 cm³/mol. The van der Waals surface area contributed by atoms with Crippen LogP contribution in [0.4, 0.5) is 24.5 Å². The molecule has 0 aliphatic carbocycles. The number of benzene rings is 2. The quantitative estimate of drug-likeness (QED) is 0.611. The van der Waals surface area contributed by atoms with Crippen LogP contribution in [-0.2, 0) is 15.8 Å². The maximum atomic E-state index is 13.3. The lowest BCUT2D eigenvalue weighted by Gasteiger charge is -2.35. The number of carboxylic acids is 2. The van der Waals surface area contributed by atoms with Gasteiger partial charge in [0.15, 0.2) is 0 Å². The Balaban J connectivity index is 0.000000481. The number of halogens is 3. The molecule has 0 unspecified atom stereocenters. The molecule has 2 aromatic rings. The molecule has 0 amide bonds. The third-order valence-corrected chi connectivity index (χ3v) is 6.72. The Labute approximate surface area is 199 Å². The Kier molecular flexibility index (Phi) is 8.45. The number of fused-ring (bicyclic) bond motifs is 2. The molecule has 2 aliphatic rings. The summed E-state index contributed by atoms with van der Waals surface area (Å²) in [7, 11) is 2.13. The summed E-state index contributed by atoms with van der Waals surface area (Å²) in [4.78, 5) is 27.0. The van der Waals surface area contributed by atoms with Crippen LogP contribution >= 0.6 is 11.8 Å². The molecule has 7 nitrogen and oxygen atoms in total. The normalized spacial score (nSPS) is 16.2. The number of anilines is 2. The Morgan fingerprint density at radius 3 is 2.15 bits per heavy atom. The van der Waals surface area contributed by atoms with Crippen molar-refractivity contribution in [1.82, 2.24) is 9.80 Å². The fourth-order valence-electron chi connectivity index (χ4n) is 3.77. The molecule has 2 aromatic carbocycles. The van der Waals surface area contributed by atoms with E-state index in [-0.39, 0.29) is 0 Å². The number of rotatable bonds is 4. The van der Waals surface area contributed by atoms with Crippen molar-refractivity contribution < 1.29 is 33.0 Å². The van der Waals surface area contributed by atoms with E-state index >= 15 is 0 Å². The van der Waals surface area contributed by atoms with E-state index < -0.39 is 23.7 Å². The van der Waals surface area contributed by atoms with Gasteiger partial charge in [0.2, 0.25) is 0 Å². The Hall–Kier alpha value is -2.76. The van der Waals surface area contributed by atoms with Crippen molar-refractivity contribution in [3.63, 3.8) is 0 Å². The summed E-state index contributed by atoms with van der Waals surface area (Å²) >= 11 is 1.54. The fourth-order valence-corrected chi connectivity index (χ4v) is 4.85. The van der Waals surface area contributed by atoms with E-state index in [1.807, 2.05) is 24.3 Å². The van der Waals surface area contributed by atoms with Crippen LogP contribution in [0, 0.1) is 0 Å². The van der Waals surface area contributed by atoms with Gasteiger partial charge in [0.05, 0.1) is 16.9 Å². The molecule has 0 bridgehead atoms. The van der Waals surface area contributed by atoms with Gasteiger partial charge in [-0.2, -0.15) is 13.2 Å². The van der Waals surface area contributed by atoms with Gasteiger partial charge in [0.25, 0.3) is 0 Å². The summed E-state index contributed by atoms with van der Waals surface area (Å²) in [5.74, 6) is -3.65. The number of piperazine rings is 1. The standard InChI is InChI=1S/C21H24F3N3S.C2H2O4/c1-25-11-13-26(14-12-25)9-4-10-27-17-5-2-3-6-19(17)28-20-8-7-16(15-18(20)27)21(22,23)24;3-1(4)2(5)6/h2-3,5-8,15H,4,9-14H2,1H3;(H,3,4)(H,5,6). The van der Waals surface area contributed by atoms with E-state index in [1.165, 1.54) is 12.1 Å². The molecule has 2 heterocycles. The number of para-hydroxylation sites is 1. The highest BCUT2D eigenvalue weighted by Gasteiger charge is 2.33. The lowest BCUT2D eigenvalue weighted by molar-refractivity contribution is -0.159. The van der Waals surface area contributed by atoms with Crippen molar-refractivity contribution >= 4 is 35.1 Å². The molecule has 1 saturated heterocycles. The van der Waals surface area contributed by atoms with Crippen LogP contribution in [0.2, 0.25) is 0 Å². The van der Waals surface area contributed by atoms with Crippen molar-refractivity contribution in [3.05, 3.63) is 48.0 Å². The zero-order chi connectivity index (χ0) is 24.9. The highest BCUT2D eigenvalue weighted by molar-refractivity contribution is 7.99. The number of hydrogen-bond donors (Lipinski definition) is 2. The summed E-state index contributed by atoms with van der Waals surface area (Å²) in [5.41, 5.74) is 1.07. The average Bonchev–Trinajstić information content (AvgIpc) is 2.79. The first-order valence-corrected chi connectivity index (χ1v) is 11.5. The predicted octanol–water partition coefficient (Wildman–Crippen LogP) is 4.10. The van der Waals surface area contributed by atoms with Gasteiger partial charge in [-0.1, -0.05) is 23.9 Å². The van der Waals surface area contributed by atoms with Crippen LogP contribution in [0.15, 0.2) is 52.3 Å². The summed E-state index contributed by atoms with van der Waals surface area (Å²) in [6, 6.07) is 12.0. The van der Waals surface area contributed by atoms with Crippen molar-refractivity contribution in [3.8, 4) is 0 Å². The fraction of sp³-hybridized carbons (Fsp3) is 0.391. The van der Waals surface area contributed by atoms with Gasteiger partial charge in [-0.15, -0.1) is 0 Å². The van der Waals surface area contributed by atoms with Crippen LogP contribution in [0.25, 0.3) is 0 Å². The molecular weight excluding hydrogens is 471 g/mol. The lowest BCUT2D eigenvalue weighted by atomic mass is 10.1. The third-order valence-electron chi connectivity index (χ3n) is 5.59. The summed E-state index contributed by atoms with van der Waals surface area (Å²) < 4.78 is 39.8. The Morgan fingerprint density at radius 2 is 1.53 bits per heavy atom. The van der Waals surface area contributed by atoms with E-state index in [9.17, 15) is 13.2 Å². The first-order chi connectivity index (χ1) is 16.1. The Bertz CT molecular complexity index is 1010. The van der Waals surface area contributed by atoms with Crippen molar-refractivity contribution in [2.75, 3.05) is 51.2 Å². The molecule has 184 valence electrons. The van der Waals surface area contributed by atoms with Crippen molar-refractivity contribution in [2.24, 2.45) is 0 Å². The second-order valence-electron chi connectivity index (χ2n) is 8.01. The van der Waals surface area contributed by atoms with Gasteiger partial charge in [-0.25, -0.2) is 9.59 Å². The van der Waals surface area contributed by atoms with E-state index in [0.29, 0.717) is 12.2 Å². The minimum atomic E-state index is -4.33. The number of alkyl halides is 3. The van der Waals surface area contributed by atoms with E-state index in [0.717, 1.165) is 54.6 Å². The molecule has 4 rings (SSSR count). The molecular formula is C23H26F3N3O4S. The second kappa shape index (κ2) is 11.1. The number of nitrogens with zero attached hydrogens (tertiary/aromatic N) is 3. The summed E-state index contributed by atoms with van der Waals surface area (Å²) in [6.45, 7) is 5.92. The monoisotopic (exact) mass is 497 g/mol. The van der Waals surface area contributed by atoms with Crippen LogP contribution in [0.5, 0.6) is 0 Å². The van der Waals surface area contributed by atoms with E-state index in [4.69, 9.17) is 19.8 Å². The zero-order valence-corrected chi connectivity index (χ0v) is 19.4. The lowest BCUT2D eigenvalue weighted by Crippen LogP contribution is -2.45. The molecule has 0 saturated carbocycles. The molecule has 34 heavy (non-hydrogen) atoms. The van der Waals surface area contributed by atoms with Crippen LogP contribution in [0.1, 0.15) is 12.0 Å². The van der Waals surface area contributed by atoms with Gasteiger partial charge in [-0.3, -0.25) is 0 Å². The second-order valence-corrected chi connectivity index (χ2v) is 9.09. The number of aliphatic carboxylic acids is 2. The highest BCUT2D eigenvalue weighted by Crippen LogP contribution is 2.49. The smallest absolute Gasteiger partial charge is 0.416 e. The minimum Gasteiger partial charge on any atom is -0.473 e. The molecule has 0 radical (unpaired) electrons. The first kappa shape index (κ1) is 25.9. The number of carbonyl (C=O) groups is 2.